The quantitative estimate of drug-likeness (QED) is 0.779. The molecule has 104 valence electrons. The molecule has 19 heavy (non-hydrogen) atoms. The zero-order chi connectivity index (χ0) is 14.0. The number of rotatable bonds is 3. The van der Waals surface area contributed by atoms with Crippen LogP contribution in [0.15, 0.2) is 29.2 Å². The van der Waals surface area contributed by atoms with E-state index in [9.17, 15) is 13.2 Å². The summed E-state index contributed by atoms with van der Waals surface area (Å²) in [5.41, 5.74) is 0.739. The lowest BCUT2D eigenvalue weighted by Crippen LogP contribution is -2.50. The fourth-order valence-electron chi connectivity index (χ4n) is 1.88. The number of benzene rings is 1. The van der Waals surface area contributed by atoms with Gasteiger partial charge in [0, 0.05) is 26.0 Å². The van der Waals surface area contributed by atoms with E-state index in [0.29, 0.717) is 13.1 Å². The van der Waals surface area contributed by atoms with Crippen molar-refractivity contribution in [3.8, 4) is 0 Å². The van der Waals surface area contributed by atoms with Gasteiger partial charge < -0.3 is 4.90 Å². The monoisotopic (exact) mass is 302 g/mol. The Morgan fingerprint density at radius 2 is 2.05 bits per heavy atom. The van der Waals surface area contributed by atoms with Gasteiger partial charge in [-0.3, -0.25) is 4.79 Å². The Labute approximate surface area is 117 Å². The average Bonchev–Trinajstić information content (AvgIpc) is 2.41. The van der Waals surface area contributed by atoms with E-state index < -0.39 is 10.0 Å². The molecule has 0 aromatic heterocycles. The van der Waals surface area contributed by atoms with Gasteiger partial charge in [-0.05, 0) is 17.7 Å². The van der Waals surface area contributed by atoms with Gasteiger partial charge >= 0.3 is 0 Å². The summed E-state index contributed by atoms with van der Waals surface area (Å²) in [5, 5.41) is 0. The number of piperazine rings is 1. The van der Waals surface area contributed by atoms with Gasteiger partial charge in [0.25, 0.3) is 0 Å². The third-order valence-corrected chi connectivity index (χ3v) is 5.26. The highest BCUT2D eigenvalue weighted by Gasteiger charge is 2.31. The number of hydrogen-bond donors (Lipinski definition) is 0. The van der Waals surface area contributed by atoms with Crippen LogP contribution in [0.2, 0.25) is 0 Å². The SMILES string of the molecule is CN1CCN(S(=O)(=O)c2cccc(CCl)c2)CC1=O. The van der Waals surface area contributed by atoms with E-state index >= 15 is 0 Å². The highest BCUT2D eigenvalue weighted by atomic mass is 35.5. The van der Waals surface area contributed by atoms with E-state index in [4.69, 9.17) is 11.6 Å². The minimum atomic E-state index is -3.62. The highest BCUT2D eigenvalue weighted by molar-refractivity contribution is 7.89. The Balaban J connectivity index is 2.29. The fraction of sp³-hybridized carbons (Fsp3) is 0.417. The number of carbonyl (C=O) groups excluding carboxylic acids is 1. The van der Waals surface area contributed by atoms with Gasteiger partial charge in [-0.2, -0.15) is 4.31 Å². The molecular formula is C12H15ClN2O3S. The smallest absolute Gasteiger partial charge is 0.243 e. The zero-order valence-electron chi connectivity index (χ0n) is 10.5. The van der Waals surface area contributed by atoms with Crippen LogP contribution in [0.5, 0.6) is 0 Å². The van der Waals surface area contributed by atoms with Crippen molar-refractivity contribution in [3.05, 3.63) is 29.8 Å². The molecular weight excluding hydrogens is 288 g/mol. The van der Waals surface area contributed by atoms with Crippen LogP contribution >= 0.6 is 11.6 Å². The van der Waals surface area contributed by atoms with Crippen molar-refractivity contribution in [1.29, 1.82) is 0 Å². The van der Waals surface area contributed by atoms with E-state index in [0.717, 1.165) is 5.56 Å². The summed E-state index contributed by atoms with van der Waals surface area (Å²) in [6.45, 7) is 0.618. The molecule has 1 amide bonds. The lowest BCUT2D eigenvalue weighted by atomic mass is 10.2. The Morgan fingerprint density at radius 1 is 1.32 bits per heavy atom. The van der Waals surface area contributed by atoms with Gasteiger partial charge in [0.1, 0.15) is 0 Å². The van der Waals surface area contributed by atoms with E-state index in [1.165, 1.54) is 15.3 Å². The number of nitrogens with zero attached hydrogens (tertiary/aromatic N) is 2. The number of carbonyl (C=O) groups is 1. The normalized spacial score (nSPS) is 17.8. The number of amides is 1. The van der Waals surface area contributed by atoms with Crippen LogP contribution in [-0.2, 0) is 20.7 Å². The van der Waals surface area contributed by atoms with Gasteiger partial charge in [0.2, 0.25) is 15.9 Å². The van der Waals surface area contributed by atoms with Crippen LogP contribution in [0.4, 0.5) is 0 Å². The molecule has 7 heteroatoms. The summed E-state index contributed by atoms with van der Waals surface area (Å²) in [6, 6.07) is 6.49. The first-order valence-corrected chi connectivity index (χ1v) is 7.81. The molecule has 1 aliphatic rings. The van der Waals surface area contributed by atoms with Gasteiger partial charge in [-0.15, -0.1) is 11.6 Å². The first kappa shape index (κ1) is 14.3. The van der Waals surface area contributed by atoms with Crippen molar-refractivity contribution in [2.75, 3.05) is 26.7 Å². The number of likely N-dealkylation sites (N-methyl/N-ethyl adjacent to an activating group) is 1. The van der Waals surface area contributed by atoms with Crippen molar-refractivity contribution in [2.45, 2.75) is 10.8 Å². The predicted molar refractivity (Wildman–Crippen MR) is 72.4 cm³/mol. The van der Waals surface area contributed by atoms with Gasteiger partial charge in [0.15, 0.2) is 0 Å². The minimum absolute atomic E-state index is 0.107. The van der Waals surface area contributed by atoms with E-state index in [1.807, 2.05) is 0 Å². The molecule has 0 unspecified atom stereocenters. The first-order chi connectivity index (χ1) is 8.95. The Bertz CT molecular complexity index is 588. The molecule has 1 aromatic carbocycles. The molecule has 1 fully saturated rings. The topological polar surface area (TPSA) is 57.7 Å². The number of hydrogen-bond acceptors (Lipinski definition) is 3. The number of alkyl halides is 1. The van der Waals surface area contributed by atoms with Crippen molar-refractivity contribution in [2.24, 2.45) is 0 Å². The summed E-state index contributed by atoms with van der Waals surface area (Å²) >= 11 is 5.71. The van der Waals surface area contributed by atoms with Crippen molar-refractivity contribution in [3.63, 3.8) is 0 Å². The van der Waals surface area contributed by atoms with Crippen LogP contribution in [0.1, 0.15) is 5.56 Å². The predicted octanol–water partition coefficient (Wildman–Crippen LogP) is 0.888. The second-order valence-corrected chi connectivity index (χ2v) is 6.64. The molecule has 1 saturated heterocycles. The second-order valence-electron chi connectivity index (χ2n) is 4.43. The Kier molecular flexibility index (Phi) is 4.13. The Morgan fingerprint density at radius 3 is 2.68 bits per heavy atom. The van der Waals surface area contributed by atoms with Crippen LogP contribution in [0, 0.1) is 0 Å². The molecule has 0 saturated carbocycles. The Hall–Kier alpha value is -1.11. The molecule has 0 aliphatic carbocycles. The maximum Gasteiger partial charge on any atom is 0.243 e. The van der Waals surface area contributed by atoms with Crippen molar-refractivity contribution >= 4 is 27.5 Å². The zero-order valence-corrected chi connectivity index (χ0v) is 12.1. The van der Waals surface area contributed by atoms with Crippen LogP contribution in [-0.4, -0.2) is 50.2 Å². The number of sulfonamides is 1. The molecule has 2 rings (SSSR count). The molecule has 1 aliphatic heterocycles. The summed E-state index contributed by atoms with van der Waals surface area (Å²) in [6.07, 6.45) is 0. The van der Waals surface area contributed by atoms with E-state index in [2.05, 4.69) is 0 Å². The molecule has 1 aromatic rings. The molecule has 5 nitrogen and oxygen atoms in total. The molecule has 0 N–H and O–H groups in total. The lowest BCUT2D eigenvalue weighted by molar-refractivity contribution is -0.132. The lowest BCUT2D eigenvalue weighted by Gasteiger charge is -2.31. The summed E-state index contributed by atoms with van der Waals surface area (Å²) < 4.78 is 26.1. The summed E-state index contributed by atoms with van der Waals surface area (Å²) in [5.74, 6) is 0.0636. The largest absolute Gasteiger partial charge is 0.343 e. The van der Waals surface area contributed by atoms with Crippen LogP contribution in [0.25, 0.3) is 0 Å². The minimum Gasteiger partial charge on any atom is -0.343 e. The van der Waals surface area contributed by atoms with Crippen LogP contribution in [0.3, 0.4) is 0 Å². The third-order valence-electron chi connectivity index (χ3n) is 3.11. The molecule has 0 bridgehead atoms. The van der Waals surface area contributed by atoms with Crippen molar-refractivity contribution < 1.29 is 13.2 Å². The number of halogens is 1. The van der Waals surface area contributed by atoms with Gasteiger partial charge in [-0.25, -0.2) is 8.42 Å². The standard InChI is InChI=1S/C12H15ClN2O3S/c1-14-5-6-15(9-12(14)16)19(17,18)11-4-2-3-10(7-11)8-13/h2-4,7H,5-6,8-9H2,1H3. The fourth-order valence-corrected chi connectivity index (χ4v) is 3.50. The van der Waals surface area contributed by atoms with Crippen LogP contribution < -0.4 is 0 Å². The summed E-state index contributed by atoms with van der Waals surface area (Å²) in [4.78, 5) is 13.3. The average molecular weight is 303 g/mol. The highest BCUT2D eigenvalue weighted by Crippen LogP contribution is 2.19. The van der Waals surface area contributed by atoms with Gasteiger partial charge in [0.05, 0.1) is 11.4 Å². The molecule has 1 heterocycles. The van der Waals surface area contributed by atoms with Gasteiger partial charge in [-0.1, -0.05) is 12.1 Å². The second kappa shape index (κ2) is 5.48. The van der Waals surface area contributed by atoms with Crippen molar-refractivity contribution in [1.82, 2.24) is 9.21 Å². The third kappa shape index (κ3) is 2.91. The summed E-state index contributed by atoms with van der Waals surface area (Å²) in [7, 11) is -1.96. The molecule has 0 radical (unpaired) electrons. The molecule has 0 spiro atoms. The molecule has 0 atom stereocenters. The van der Waals surface area contributed by atoms with E-state index in [1.54, 1.807) is 25.2 Å². The first-order valence-electron chi connectivity index (χ1n) is 5.84. The maximum atomic E-state index is 12.4. The maximum absolute atomic E-state index is 12.4. The van der Waals surface area contributed by atoms with E-state index in [-0.39, 0.29) is 23.2 Å².